The van der Waals surface area contributed by atoms with Crippen molar-refractivity contribution < 1.29 is 13.2 Å². The van der Waals surface area contributed by atoms with Crippen LogP contribution in [0.3, 0.4) is 0 Å². The van der Waals surface area contributed by atoms with Crippen LogP contribution in [0.15, 0.2) is 50.7 Å². The molecular weight excluding hydrogens is 405 g/mol. The van der Waals surface area contributed by atoms with Crippen molar-refractivity contribution in [1.82, 2.24) is 10.2 Å². The highest BCUT2D eigenvalue weighted by Gasteiger charge is 2.33. The molecule has 0 amide bonds. The van der Waals surface area contributed by atoms with E-state index < -0.39 is 18.5 Å². The predicted octanol–water partition coefficient (Wildman–Crippen LogP) is 3.01. The summed E-state index contributed by atoms with van der Waals surface area (Å²) in [5, 5.41) is 4.78. The maximum Gasteiger partial charge on any atom is 0.284 e. The third-order valence-electron chi connectivity index (χ3n) is 3.86. The van der Waals surface area contributed by atoms with Crippen LogP contribution in [0.4, 0.5) is 0 Å². The molecule has 0 spiro atoms. The highest BCUT2D eigenvalue weighted by atomic mass is 36.0. The largest absolute Gasteiger partial charge is 0.379 e. The van der Waals surface area contributed by atoms with Gasteiger partial charge in [0.1, 0.15) is 0 Å². The lowest BCUT2D eigenvalue weighted by molar-refractivity contribution is 0.0383. The number of amidine groups is 1. The molecule has 1 fully saturated rings. The minimum Gasteiger partial charge on any atom is -0.379 e. The van der Waals surface area contributed by atoms with E-state index in [0.717, 1.165) is 38.5 Å². The number of ether oxygens (including phenoxy) is 1. The van der Waals surface area contributed by atoms with E-state index in [4.69, 9.17) is 26.1 Å². The second-order valence-electron chi connectivity index (χ2n) is 5.67. The molecular formula is C15H19Cl2N3O3S2. The van der Waals surface area contributed by atoms with Crippen LogP contribution in [-0.2, 0) is 14.8 Å². The van der Waals surface area contributed by atoms with Crippen molar-refractivity contribution in [3.8, 4) is 0 Å². The second-order valence-corrected chi connectivity index (χ2v) is 12.3. The minimum atomic E-state index is -3.86. The van der Waals surface area contributed by atoms with Crippen LogP contribution in [0.1, 0.15) is 6.42 Å². The fourth-order valence-corrected chi connectivity index (χ4v) is 6.38. The Kier molecular flexibility index (Phi) is 5.97. The molecule has 1 aromatic rings. The number of halogens is 2. The number of benzene rings is 1. The lowest BCUT2D eigenvalue weighted by atomic mass is 10.3. The molecule has 0 saturated carbocycles. The molecule has 1 N–H and O–H groups in total. The van der Waals surface area contributed by atoms with Crippen LogP contribution in [0.5, 0.6) is 0 Å². The molecule has 3 rings (SSSR count). The molecule has 0 radical (unpaired) electrons. The van der Waals surface area contributed by atoms with E-state index in [0.29, 0.717) is 6.42 Å². The highest BCUT2D eigenvalue weighted by Crippen LogP contribution is 2.63. The number of sulfonamides is 1. The molecule has 0 aliphatic carbocycles. The van der Waals surface area contributed by atoms with Crippen molar-refractivity contribution >= 4 is 45.0 Å². The number of hydrogen-bond donors (Lipinski definition) is 1. The summed E-state index contributed by atoms with van der Waals surface area (Å²) in [5.74, 6) is 0. The van der Waals surface area contributed by atoms with Crippen molar-refractivity contribution in [2.75, 3.05) is 32.8 Å². The van der Waals surface area contributed by atoms with Gasteiger partial charge in [0.25, 0.3) is 10.0 Å². The zero-order valence-electron chi connectivity index (χ0n) is 13.4. The first kappa shape index (κ1) is 19.0. The van der Waals surface area contributed by atoms with E-state index in [9.17, 15) is 8.42 Å². The molecule has 138 valence electrons. The smallest absolute Gasteiger partial charge is 0.284 e. The number of nitrogens with one attached hydrogen (secondary N) is 1. The third-order valence-corrected chi connectivity index (χ3v) is 7.97. The first-order chi connectivity index (χ1) is 11.9. The highest BCUT2D eigenvalue weighted by molar-refractivity contribution is 8.76. The summed E-state index contributed by atoms with van der Waals surface area (Å²) in [5.41, 5.74) is 0.800. The Hall–Kier alpha value is -0.770. The zero-order chi connectivity index (χ0) is 17.9. The second kappa shape index (κ2) is 7.85. The first-order valence-corrected chi connectivity index (χ1v) is 12.6. The third kappa shape index (κ3) is 4.90. The lowest BCUT2D eigenvalue weighted by Crippen LogP contribution is -2.37. The molecule has 2 aliphatic heterocycles. The van der Waals surface area contributed by atoms with Gasteiger partial charge in [-0.15, -0.1) is 4.40 Å². The number of hydrogen-bond acceptors (Lipinski definition) is 4. The summed E-state index contributed by atoms with van der Waals surface area (Å²) in [6.07, 6.45) is 0.693. The van der Waals surface area contributed by atoms with Gasteiger partial charge in [-0.1, -0.05) is 18.2 Å². The fraction of sp³-hybridized carbons (Fsp3) is 0.400. The zero-order valence-corrected chi connectivity index (χ0v) is 16.5. The van der Waals surface area contributed by atoms with Gasteiger partial charge in [-0.2, -0.15) is 8.42 Å². The van der Waals surface area contributed by atoms with Gasteiger partial charge >= 0.3 is 0 Å². The van der Waals surface area contributed by atoms with Crippen molar-refractivity contribution in [3.05, 3.63) is 41.4 Å². The van der Waals surface area contributed by atoms with Gasteiger partial charge in [-0.3, -0.25) is 4.90 Å². The first-order valence-electron chi connectivity index (χ1n) is 7.77. The SMILES string of the molecule is O=S(=O)(/N=C1\NC(CCN2CCOCC2)=CS1(Cl)Cl)c1ccccc1. The van der Waals surface area contributed by atoms with Crippen LogP contribution < -0.4 is 5.32 Å². The molecule has 0 bridgehead atoms. The Bertz CT molecular complexity index is 776. The van der Waals surface area contributed by atoms with Gasteiger partial charge in [0.2, 0.25) is 0 Å². The summed E-state index contributed by atoms with van der Waals surface area (Å²) in [7, 11) is 6.36. The summed E-state index contributed by atoms with van der Waals surface area (Å²) in [6.45, 7) is 4.06. The number of rotatable bonds is 5. The summed E-state index contributed by atoms with van der Waals surface area (Å²) < 4.78 is 34.0. The molecule has 1 aromatic carbocycles. The average molecular weight is 424 g/mol. The van der Waals surface area contributed by atoms with Gasteiger partial charge in [0, 0.05) is 37.2 Å². The molecule has 0 atom stereocenters. The monoisotopic (exact) mass is 423 g/mol. The van der Waals surface area contributed by atoms with E-state index in [1.54, 1.807) is 23.6 Å². The van der Waals surface area contributed by atoms with Crippen molar-refractivity contribution in [2.45, 2.75) is 11.3 Å². The van der Waals surface area contributed by atoms with Gasteiger partial charge in [0.05, 0.1) is 18.1 Å². The van der Waals surface area contributed by atoms with Crippen LogP contribution in [0, 0.1) is 0 Å². The van der Waals surface area contributed by atoms with Crippen LogP contribution in [0.25, 0.3) is 0 Å². The Balaban J connectivity index is 1.70. The molecule has 0 unspecified atom stereocenters. The van der Waals surface area contributed by atoms with E-state index in [-0.39, 0.29) is 10.1 Å². The molecule has 10 heteroatoms. The molecule has 6 nitrogen and oxygen atoms in total. The summed E-state index contributed by atoms with van der Waals surface area (Å²) in [4.78, 5) is 2.39. The normalized spacial score (nSPS) is 23.9. The lowest BCUT2D eigenvalue weighted by Gasteiger charge is -2.26. The Morgan fingerprint density at radius 2 is 1.88 bits per heavy atom. The predicted molar refractivity (Wildman–Crippen MR) is 103 cm³/mol. The average Bonchev–Trinajstić information content (AvgIpc) is 2.88. The Labute approximate surface area is 158 Å². The van der Waals surface area contributed by atoms with Crippen molar-refractivity contribution in [2.24, 2.45) is 4.40 Å². The topological polar surface area (TPSA) is 71.0 Å². The maximum atomic E-state index is 12.4. The van der Waals surface area contributed by atoms with E-state index >= 15 is 0 Å². The number of nitrogens with zero attached hydrogens (tertiary/aromatic N) is 2. The minimum absolute atomic E-state index is 0.0941. The molecule has 1 saturated heterocycles. The molecule has 0 aromatic heterocycles. The standard InChI is InChI=1S/C15H19Cl2N3O3S2/c16-24(17)12-13(6-7-20-8-10-23-11-9-20)18-15(24)19-25(21,22)14-4-2-1-3-5-14/h1-5,12H,6-11H2,(H,18,19). The van der Waals surface area contributed by atoms with Crippen molar-refractivity contribution in [3.63, 3.8) is 0 Å². The molecule has 25 heavy (non-hydrogen) atoms. The molecule has 2 aliphatic rings. The van der Waals surface area contributed by atoms with Crippen LogP contribution in [0.2, 0.25) is 0 Å². The molecule has 2 heterocycles. The van der Waals surface area contributed by atoms with E-state index in [2.05, 4.69) is 14.6 Å². The summed E-state index contributed by atoms with van der Waals surface area (Å²) >= 11 is 0. The van der Waals surface area contributed by atoms with Crippen molar-refractivity contribution in [1.29, 1.82) is 0 Å². The van der Waals surface area contributed by atoms with Gasteiger partial charge in [-0.05, 0) is 42.0 Å². The quantitative estimate of drug-likeness (QED) is 0.787. The van der Waals surface area contributed by atoms with E-state index in [1.165, 1.54) is 12.1 Å². The summed E-state index contributed by atoms with van der Waals surface area (Å²) in [6, 6.07) is 8.00. The van der Waals surface area contributed by atoms with Gasteiger partial charge in [0.15, 0.2) is 5.17 Å². The Morgan fingerprint density at radius 3 is 2.56 bits per heavy atom. The fourth-order valence-electron chi connectivity index (χ4n) is 2.52. The Morgan fingerprint density at radius 1 is 1.20 bits per heavy atom. The number of morpholine rings is 1. The maximum absolute atomic E-state index is 12.4. The van der Waals surface area contributed by atoms with E-state index in [1.807, 2.05) is 0 Å². The van der Waals surface area contributed by atoms with Gasteiger partial charge < -0.3 is 10.1 Å². The van der Waals surface area contributed by atoms with Gasteiger partial charge in [-0.25, -0.2) is 0 Å². The van der Waals surface area contributed by atoms with Crippen LogP contribution >= 0.6 is 29.8 Å². The van der Waals surface area contributed by atoms with Crippen LogP contribution in [-0.4, -0.2) is 51.3 Å².